The SMILES string of the molecule is CN(C)[C@H]1CC[C@H](Oc2ncnc3sc4c(c23)[C@@H](C[C@@H](O)c2ncco2)CC4)CC1. The van der Waals surface area contributed by atoms with Crippen LogP contribution in [0, 0.1) is 0 Å². The molecule has 5 rings (SSSR count). The van der Waals surface area contributed by atoms with Crippen molar-refractivity contribution < 1.29 is 14.3 Å². The van der Waals surface area contributed by atoms with Crippen LogP contribution in [0.15, 0.2) is 23.2 Å². The minimum Gasteiger partial charge on any atom is -0.474 e. The predicted octanol–water partition coefficient (Wildman–Crippen LogP) is 4.08. The van der Waals surface area contributed by atoms with Crippen molar-refractivity contribution in [2.45, 2.75) is 69.1 Å². The fourth-order valence-electron chi connectivity index (χ4n) is 4.97. The minimum absolute atomic E-state index is 0.201. The zero-order valence-electron chi connectivity index (χ0n) is 17.5. The summed E-state index contributed by atoms with van der Waals surface area (Å²) in [4.78, 5) is 17.8. The van der Waals surface area contributed by atoms with E-state index in [4.69, 9.17) is 9.15 Å². The van der Waals surface area contributed by atoms with Crippen LogP contribution in [-0.4, -0.2) is 51.2 Å². The Morgan fingerprint density at radius 2 is 2.03 bits per heavy atom. The Hall–Kier alpha value is -2.03. The lowest BCUT2D eigenvalue weighted by molar-refractivity contribution is 0.108. The van der Waals surface area contributed by atoms with Crippen LogP contribution < -0.4 is 4.74 Å². The van der Waals surface area contributed by atoms with Gasteiger partial charge in [-0.1, -0.05) is 0 Å². The van der Waals surface area contributed by atoms with Gasteiger partial charge in [0.15, 0.2) is 0 Å². The molecule has 0 saturated heterocycles. The van der Waals surface area contributed by atoms with Crippen LogP contribution in [0.3, 0.4) is 0 Å². The van der Waals surface area contributed by atoms with Crippen LogP contribution in [-0.2, 0) is 6.42 Å². The number of aliphatic hydroxyl groups excluding tert-OH is 1. The third-order valence-electron chi connectivity index (χ3n) is 6.59. The van der Waals surface area contributed by atoms with Crippen LogP contribution >= 0.6 is 11.3 Å². The summed E-state index contributed by atoms with van der Waals surface area (Å²) < 4.78 is 11.8. The zero-order valence-corrected chi connectivity index (χ0v) is 18.3. The van der Waals surface area contributed by atoms with Gasteiger partial charge >= 0.3 is 0 Å². The molecule has 160 valence electrons. The van der Waals surface area contributed by atoms with Crippen LogP contribution in [0.2, 0.25) is 0 Å². The van der Waals surface area contributed by atoms with Gasteiger partial charge in [0.25, 0.3) is 0 Å². The molecule has 8 heteroatoms. The number of fused-ring (bicyclic) bond motifs is 3. The summed E-state index contributed by atoms with van der Waals surface area (Å²) in [5.41, 5.74) is 1.26. The molecule has 3 heterocycles. The average molecular weight is 429 g/mol. The lowest BCUT2D eigenvalue weighted by atomic mass is 9.92. The topological polar surface area (TPSA) is 84.5 Å². The zero-order chi connectivity index (χ0) is 20.7. The third kappa shape index (κ3) is 3.72. The van der Waals surface area contributed by atoms with E-state index in [-0.39, 0.29) is 12.0 Å². The molecule has 2 aliphatic rings. The summed E-state index contributed by atoms with van der Waals surface area (Å²) in [6, 6.07) is 0.641. The highest BCUT2D eigenvalue weighted by molar-refractivity contribution is 7.19. The number of hydrogen-bond acceptors (Lipinski definition) is 8. The normalized spacial score (nSPS) is 25.0. The number of oxazole rings is 1. The molecule has 1 N–H and O–H groups in total. The number of thiophene rings is 1. The molecular formula is C22H28N4O3S. The van der Waals surface area contributed by atoms with E-state index in [0.717, 1.165) is 48.7 Å². The molecule has 2 atom stereocenters. The average Bonchev–Trinajstić information content (AvgIpc) is 3.46. The van der Waals surface area contributed by atoms with Crippen molar-refractivity contribution in [3.63, 3.8) is 0 Å². The second-order valence-corrected chi connectivity index (χ2v) is 9.75. The van der Waals surface area contributed by atoms with E-state index in [1.54, 1.807) is 23.9 Å². The first kappa shape index (κ1) is 19.9. The van der Waals surface area contributed by atoms with Gasteiger partial charge in [-0.3, -0.25) is 0 Å². The monoisotopic (exact) mass is 428 g/mol. The minimum atomic E-state index is -0.707. The van der Waals surface area contributed by atoms with E-state index in [0.29, 0.717) is 24.2 Å². The second kappa shape index (κ2) is 8.24. The third-order valence-corrected chi connectivity index (χ3v) is 7.77. The van der Waals surface area contributed by atoms with E-state index in [2.05, 4.69) is 33.9 Å². The largest absolute Gasteiger partial charge is 0.474 e. The van der Waals surface area contributed by atoms with E-state index in [1.165, 1.54) is 16.7 Å². The Morgan fingerprint density at radius 1 is 1.20 bits per heavy atom. The quantitative estimate of drug-likeness (QED) is 0.633. The molecule has 0 unspecified atom stereocenters. The van der Waals surface area contributed by atoms with Gasteiger partial charge in [-0.15, -0.1) is 11.3 Å². The van der Waals surface area contributed by atoms with Gasteiger partial charge in [0.2, 0.25) is 11.8 Å². The first-order chi connectivity index (χ1) is 14.6. The molecule has 1 saturated carbocycles. The summed E-state index contributed by atoms with van der Waals surface area (Å²) in [7, 11) is 4.31. The summed E-state index contributed by atoms with van der Waals surface area (Å²) in [5.74, 6) is 1.32. The van der Waals surface area contributed by atoms with Crippen LogP contribution in [0.4, 0.5) is 0 Å². The van der Waals surface area contributed by atoms with Crippen LogP contribution in [0.1, 0.15) is 66.9 Å². The predicted molar refractivity (Wildman–Crippen MR) is 115 cm³/mol. The summed E-state index contributed by atoms with van der Waals surface area (Å²) in [6.07, 6.45) is 11.2. The molecule has 0 spiro atoms. The Bertz CT molecular complexity index is 995. The molecular weight excluding hydrogens is 400 g/mol. The lowest BCUT2D eigenvalue weighted by Gasteiger charge is -2.32. The molecule has 30 heavy (non-hydrogen) atoms. The summed E-state index contributed by atoms with van der Waals surface area (Å²) in [5, 5.41) is 11.6. The number of rotatable bonds is 6. The van der Waals surface area contributed by atoms with Crippen molar-refractivity contribution in [1.29, 1.82) is 0 Å². The summed E-state index contributed by atoms with van der Waals surface area (Å²) in [6.45, 7) is 0. The maximum absolute atomic E-state index is 10.6. The van der Waals surface area contributed by atoms with E-state index in [9.17, 15) is 5.11 Å². The van der Waals surface area contributed by atoms with Crippen molar-refractivity contribution >= 4 is 21.6 Å². The first-order valence-corrected chi connectivity index (χ1v) is 11.6. The van der Waals surface area contributed by atoms with Crippen LogP contribution in [0.5, 0.6) is 5.88 Å². The maximum atomic E-state index is 10.6. The smallest absolute Gasteiger partial charge is 0.225 e. The Balaban J connectivity index is 1.39. The number of aryl methyl sites for hydroxylation is 1. The van der Waals surface area contributed by atoms with E-state index >= 15 is 0 Å². The molecule has 2 aliphatic carbocycles. The van der Waals surface area contributed by atoms with Gasteiger partial charge in [0.1, 0.15) is 29.6 Å². The molecule has 7 nitrogen and oxygen atoms in total. The maximum Gasteiger partial charge on any atom is 0.225 e. The summed E-state index contributed by atoms with van der Waals surface area (Å²) >= 11 is 1.74. The van der Waals surface area contributed by atoms with Crippen molar-refractivity contribution in [3.05, 3.63) is 35.1 Å². The Morgan fingerprint density at radius 3 is 2.77 bits per heavy atom. The molecule has 1 fully saturated rings. The highest BCUT2D eigenvalue weighted by Gasteiger charge is 2.33. The number of aromatic nitrogens is 3. The molecule has 0 aliphatic heterocycles. The van der Waals surface area contributed by atoms with E-state index in [1.807, 2.05) is 0 Å². The lowest BCUT2D eigenvalue weighted by Crippen LogP contribution is -2.35. The van der Waals surface area contributed by atoms with Crippen LogP contribution in [0.25, 0.3) is 10.2 Å². The van der Waals surface area contributed by atoms with Gasteiger partial charge in [0, 0.05) is 10.9 Å². The fourth-order valence-corrected chi connectivity index (χ4v) is 6.20. The molecule has 0 aromatic carbocycles. The van der Waals surface area contributed by atoms with Gasteiger partial charge < -0.3 is 19.2 Å². The second-order valence-electron chi connectivity index (χ2n) is 8.67. The van der Waals surface area contributed by atoms with Gasteiger partial charge in [0.05, 0.1) is 11.6 Å². The standard InChI is InChI=1S/C22H28N4O3S/c1-26(2)14-4-6-15(7-5-14)29-21-19-18-13(11-16(27)20-23-9-10-28-20)3-8-17(18)30-22(19)25-12-24-21/h9-10,12-16,27H,3-8,11H2,1-2H3/t13-,14-,15-,16-/m1/s1. The first-order valence-electron chi connectivity index (χ1n) is 10.8. The van der Waals surface area contributed by atoms with Crippen molar-refractivity contribution in [1.82, 2.24) is 19.9 Å². The van der Waals surface area contributed by atoms with Crippen molar-refractivity contribution in [2.24, 2.45) is 0 Å². The number of hydrogen-bond donors (Lipinski definition) is 1. The van der Waals surface area contributed by atoms with Gasteiger partial charge in [-0.2, -0.15) is 0 Å². The Labute approximate surface area is 180 Å². The van der Waals surface area contributed by atoms with Crippen molar-refractivity contribution in [3.8, 4) is 5.88 Å². The Kier molecular flexibility index (Phi) is 5.47. The molecule has 0 amide bonds. The molecule has 0 bridgehead atoms. The molecule has 3 aromatic rings. The number of nitrogens with zero attached hydrogens (tertiary/aromatic N) is 4. The van der Waals surface area contributed by atoms with Gasteiger partial charge in [-0.25, -0.2) is 15.0 Å². The fraction of sp³-hybridized carbons (Fsp3) is 0.591. The number of ether oxygens (including phenoxy) is 1. The van der Waals surface area contributed by atoms with Crippen molar-refractivity contribution in [2.75, 3.05) is 14.1 Å². The number of aliphatic hydroxyl groups is 1. The van der Waals surface area contributed by atoms with Gasteiger partial charge in [-0.05, 0) is 70.5 Å². The molecule has 0 radical (unpaired) electrons. The highest BCUT2D eigenvalue weighted by atomic mass is 32.1. The molecule has 3 aromatic heterocycles. The van der Waals surface area contributed by atoms with E-state index < -0.39 is 6.10 Å². The highest BCUT2D eigenvalue weighted by Crippen LogP contribution is 2.48.